The number of halogens is 1. The molecule has 4 N–H and O–H groups in total. The van der Waals surface area contributed by atoms with Crippen molar-refractivity contribution in [3.05, 3.63) is 39.9 Å². The van der Waals surface area contributed by atoms with Gasteiger partial charge < -0.3 is 16.4 Å². The number of nitrogens with one attached hydrogen (secondary N) is 2. The molecule has 0 radical (unpaired) electrons. The molecule has 7 heteroatoms. The van der Waals surface area contributed by atoms with Crippen LogP contribution >= 0.6 is 35.2 Å². The second kappa shape index (κ2) is 6.17. The standard InChI is InChI=1S/C14H15ClN4S2/c15-9-3-1-2-4-10(9)19-14(20)17-8-5-6-11-12(7-8)21-13(16)18-11/h1-4,8H,5-7H2,(H2,16,18)(H2,17,19,20)/t8-/m0/s1. The third-order valence-electron chi connectivity index (χ3n) is 3.41. The van der Waals surface area contributed by atoms with Crippen LogP contribution in [0.5, 0.6) is 0 Å². The van der Waals surface area contributed by atoms with Crippen LogP contribution in [-0.4, -0.2) is 16.1 Å². The number of anilines is 2. The SMILES string of the molecule is Nc1nc2c(s1)C[C@@H](NC(=S)Nc1ccccc1Cl)CC2. The first-order chi connectivity index (χ1) is 10.1. The first kappa shape index (κ1) is 14.6. The monoisotopic (exact) mass is 338 g/mol. The molecule has 0 bridgehead atoms. The van der Waals surface area contributed by atoms with Crippen LogP contribution in [0.4, 0.5) is 10.8 Å². The van der Waals surface area contributed by atoms with Crippen molar-refractivity contribution in [2.75, 3.05) is 11.1 Å². The Morgan fingerprint density at radius 2 is 2.24 bits per heavy atom. The lowest BCUT2D eigenvalue weighted by Gasteiger charge is -2.24. The number of fused-ring (bicyclic) bond motifs is 1. The van der Waals surface area contributed by atoms with E-state index in [-0.39, 0.29) is 0 Å². The number of para-hydroxylation sites is 1. The summed E-state index contributed by atoms with van der Waals surface area (Å²) in [6.45, 7) is 0. The number of thiazole rings is 1. The van der Waals surface area contributed by atoms with Gasteiger partial charge in [-0.15, -0.1) is 11.3 Å². The van der Waals surface area contributed by atoms with Gasteiger partial charge in [-0.1, -0.05) is 23.7 Å². The third kappa shape index (κ3) is 3.45. The molecule has 1 aromatic carbocycles. The zero-order chi connectivity index (χ0) is 14.8. The maximum atomic E-state index is 6.11. The number of aryl methyl sites for hydroxylation is 1. The smallest absolute Gasteiger partial charge is 0.180 e. The van der Waals surface area contributed by atoms with Gasteiger partial charge in [-0.05, 0) is 37.2 Å². The summed E-state index contributed by atoms with van der Waals surface area (Å²) in [5.74, 6) is 0. The van der Waals surface area contributed by atoms with Gasteiger partial charge in [-0.3, -0.25) is 0 Å². The third-order valence-corrected chi connectivity index (χ3v) is 4.91. The Labute approximate surface area is 137 Å². The van der Waals surface area contributed by atoms with Crippen LogP contribution in [0.2, 0.25) is 5.02 Å². The summed E-state index contributed by atoms with van der Waals surface area (Å²) in [5.41, 5.74) is 7.71. The Kier molecular flexibility index (Phi) is 4.28. The summed E-state index contributed by atoms with van der Waals surface area (Å²) >= 11 is 13.0. The minimum Gasteiger partial charge on any atom is -0.375 e. The largest absolute Gasteiger partial charge is 0.375 e. The topological polar surface area (TPSA) is 63.0 Å². The highest BCUT2D eigenvalue weighted by atomic mass is 35.5. The van der Waals surface area contributed by atoms with E-state index >= 15 is 0 Å². The van der Waals surface area contributed by atoms with Gasteiger partial charge in [0.1, 0.15) is 0 Å². The van der Waals surface area contributed by atoms with Gasteiger partial charge in [0.2, 0.25) is 0 Å². The van der Waals surface area contributed by atoms with Crippen LogP contribution in [0.15, 0.2) is 24.3 Å². The highest BCUT2D eigenvalue weighted by Gasteiger charge is 2.22. The number of aromatic nitrogens is 1. The van der Waals surface area contributed by atoms with E-state index in [1.54, 1.807) is 11.3 Å². The van der Waals surface area contributed by atoms with Gasteiger partial charge in [0.15, 0.2) is 10.2 Å². The van der Waals surface area contributed by atoms with Crippen LogP contribution in [0.1, 0.15) is 17.0 Å². The average molecular weight is 339 g/mol. The minimum atomic E-state index is 0.305. The highest BCUT2D eigenvalue weighted by Crippen LogP contribution is 2.28. The van der Waals surface area contributed by atoms with Crippen molar-refractivity contribution < 1.29 is 0 Å². The first-order valence-electron chi connectivity index (χ1n) is 6.68. The lowest BCUT2D eigenvalue weighted by molar-refractivity contribution is 0.531. The minimum absolute atomic E-state index is 0.305. The zero-order valence-electron chi connectivity index (χ0n) is 11.2. The van der Waals surface area contributed by atoms with Gasteiger partial charge in [-0.2, -0.15) is 0 Å². The normalized spacial score (nSPS) is 17.1. The van der Waals surface area contributed by atoms with Crippen LogP contribution < -0.4 is 16.4 Å². The number of hydrogen-bond acceptors (Lipinski definition) is 4. The Hall–Kier alpha value is -1.37. The van der Waals surface area contributed by atoms with Gasteiger partial charge >= 0.3 is 0 Å². The number of nitrogen functional groups attached to an aromatic ring is 1. The highest BCUT2D eigenvalue weighted by molar-refractivity contribution is 7.80. The quantitative estimate of drug-likeness (QED) is 0.734. The summed E-state index contributed by atoms with van der Waals surface area (Å²) in [6, 6.07) is 7.85. The fourth-order valence-electron chi connectivity index (χ4n) is 2.42. The molecule has 21 heavy (non-hydrogen) atoms. The van der Waals surface area contributed by atoms with E-state index in [1.165, 1.54) is 4.88 Å². The molecule has 1 heterocycles. The Bertz CT molecular complexity index is 671. The second-order valence-corrected chi connectivity index (χ2v) is 6.87. The van der Waals surface area contributed by atoms with E-state index in [0.29, 0.717) is 21.3 Å². The second-order valence-electron chi connectivity index (χ2n) is 4.94. The molecular weight excluding hydrogens is 324 g/mol. The zero-order valence-corrected chi connectivity index (χ0v) is 13.6. The van der Waals surface area contributed by atoms with Crippen molar-refractivity contribution >= 4 is 51.1 Å². The lowest BCUT2D eigenvalue weighted by Crippen LogP contribution is -2.40. The summed E-state index contributed by atoms with van der Waals surface area (Å²) in [6.07, 6.45) is 2.85. The number of hydrogen-bond donors (Lipinski definition) is 3. The van der Waals surface area contributed by atoms with E-state index in [0.717, 1.165) is 30.6 Å². The van der Waals surface area contributed by atoms with Crippen molar-refractivity contribution in [1.82, 2.24) is 10.3 Å². The summed E-state index contributed by atoms with van der Waals surface area (Å²) in [4.78, 5) is 5.61. The molecule has 1 atom stereocenters. The van der Waals surface area contributed by atoms with Crippen LogP contribution in [0.3, 0.4) is 0 Å². The Morgan fingerprint density at radius 3 is 3.05 bits per heavy atom. The molecule has 110 valence electrons. The molecule has 0 saturated heterocycles. The van der Waals surface area contributed by atoms with Gasteiger partial charge in [0.25, 0.3) is 0 Å². The van der Waals surface area contributed by atoms with Crippen molar-refractivity contribution in [3.8, 4) is 0 Å². The molecule has 3 rings (SSSR count). The predicted molar refractivity (Wildman–Crippen MR) is 93.1 cm³/mol. The number of thiocarbonyl (C=S) groups is 1. The maximum Gasteiger partial charge on any atom is 0.180 e. The number of benzene rings is 1. The maximum absolute atomic E-state index is 6.11. The number of nitrogens with zero attached hydrogens (tertiary/aromatic N) is 1. The van der Waals surface area contributed by atoms with Gasteiger partial charge in [0, 0.05) is 17.3 Å². The molecule has 0 amide bonds. The molecule has 0 saturated carbocycles. The summed E-state index contributed by atoms with van der Waals surface area (Å²) in [7, 11) is 0. The molecule has 1 aliphatic carbocycles. The molecule has 1 aromatic heterocycles. The van der Waals surface area contributed by atoms with E-state index in [2.05, 4.69) is 15.6 Å². The van der Waals surface area contributed by atoms with E-state index in [9.17, 15) is 0 Å². The Morgan fingerprint density at radius 1 is 1.43 bits per heavy atom. The molecule has 0 spiro atoms. The fourth-order valence-corrected chi connectivity index (χ4v) is 3.84. The van der Waals surface area contributed by atoms with E-state index in [1.807, 2.05) is 24.3 Å². The Balaban J connectivity index is 1.60. The number of nitrogens with two attached hydrogens (primary N) is 1. The summed E-state index contributed by atoms with van der Waals surface area (Å²) in [5, 5.41) is 8.38. The van der Waals surface area contributed by atoms with Gasteiger partial charge in [-0.25, -0.2) is 4.98 Å². The molecule has 2 aromatic rings. The van der Waals surface area contributed by atoms with E-state index < -0.39 is 0 Å². The summed E-state index contributed by atoms with van der Waals surface area (Å²) < 4.78 is 0. The van der Waals surface area contributed by atoms with Crippen LogP contribution in [0, 0.1) is 0 Å². The van der Waals surface area contributed by atoms with Gasteiger partial charge in [0.05, 0.1) is 16.4 Å². The average Bonchev–Trinajstić information content (AvgIpc) is 2.80. The van der Waals surface area contributed by atoms with Crippen LogP contribution in [0.25, 0.3) is 0 Å². The molecule has 0 fully saturated rings. The van der Waals surface area contributed by atoms with Crippen molar-refractivity contribution in [2.24, 2.45) is 0 Å². The van der Waals surface area contributed by atoms with E-state index in [4.69, 9.17) is 29.6 Å². The molecule has 4 nitrogen and oxygen atoms in total. The number of rotatable bonds is 2. The molecule has 0 unspecified atom stereocenters. The lowest BCUT2D eigenvalue weighted by atomic mass is 9.98. The molecule has 1 aliphatic rings. The van der Waals surface area contributed by atoms with Crippen molar-refractivity contribution in [2.45, 2.75) is 25.3 Å². The van der Waals surface area contributed by atoms with Crippen molar-refractivity contribution in [1.29, 1.82) is 0 Å². The molecule has 0 aliphatic heterocycles. The van der Waals surface area contributed by atoms with Crippen molar-refractivity contribution in [3.63, 3.8) is 0 Å². The molecular formula is C14H15ClN4S2. The van der Waals surface area contributed by atoms with Crippen LogP contribution in [-0.2, 0) is 12.8 Å². The predicted octanol–water partition coefficient (Wildman–Crippen LogP) is 3.22. The fraction of sp³-hybridized carbons (Fsp3) is 0.286. The first-order valence-corrected chi connectivity index (χ1v) is 8.28.